The number of hydrogen-bond donors (Lipinski definition) is 1. The van der Waals surface area contributed by atoms with Crippen LogP contribution in [0.15, 0.2) is 24.3 Å². The molecule has 14 heavy (non-hydrogen) atoms. The molecule has 0 radical (unpaired) electrons. The second-order valence-electron chi connectivity index (χ2n) is 4.37. The molecule has 0 atom stereocenters. The normalized spacial score (nSPS) is 10.6. The lowest BCUT2D eigenvalue weighted by Crippen LogP contribution is -1.97. The van der Waals surface area contributed by atoms with Crippen LogP contribution in [0.5, 0.6) is 0 Å². The minimum absolute atomic E-state index is 0.713. The van der Waals surface area contributed by atoms with E-state index in [-0.39, 0.29) is 0 Å². The zero-order valence-electron chi connectivity index (χ0n) is 9.30. The van der Waals surface area contributed by atoms with Crippen molar-refractivity contribution >= 4 is 5.71 Å². The Hall–Kier alpha value is -1.11. The number of hydrogen-bond acceptors (Lipinski definition) is 1. The first-order valence-electron chi connectivity index (χ1n) is 5.19. The van der Waals surface area contributed by atoms with Gasteiger partial charge in [0.2, 0.25) is 0 Å². The average molecular weight is 189 g/mol. The van der Waals surface area contributed by atoms with Crippen LogP contribution in [0.4, 0.5) is 0 Å². The Balaban J connectivity index is 2.63. The number of nitrogens with one attached hydrogen (secondary N) is 1. The van der Waals surface area contributed by atoms with Crippen LogP contribution in [0, 0.1) is 11.3 Å². The lowest BCUT2D eigenvalue weighted by atomic mass is 10.0. The van der Waals surface area contributed by atoms with Crippen LogP contribution >= 0.6 is 0 Å². The van der Waals surface area contributed by atoms with Crippen LogP contribution < -0.4 is 0 Å². The number of benzene rings is 1. The highest BCUT2D eigenvalue weighted by atomic mass is 14.4. The van der Waals surface area contributed by atoms with Crippen molar-refractivity contribution in [2.45, 2.75) is 33.6 Å². The molecular weight excluding hydrogens is 170 g/mol. The molecular formula is C13H19N. The summed E-state index contributed by atoms with van der Waals surface area (Å²) in [5.74, 6) is 0.713. The Morgan fingerprint density at radius 3 is 2.07 bits per heavy atom. The van der Waals surface area contributed by atoms with Crippen LogP contribution in [0.25, 0.3) is 0 Å². The summed E-state index contributed by atoms with van der Waals surface area (Å²) in [6, 6.07) is 8.63. The highest BCUT2D eigenvalue weighted by Gasteiger charge is 1.98. The molecule has 0 spiro atoms. The molecule has 0 heterocycles. The molecule has 0 fully saturated rings. The smallest absolute Gasteiger partial charge is 0.0102 e. The van der Waals surface area contributed by atoms with Crippen LogP contribution in [-0.2, 0) is 12.8 Å². The van der Waals surface area contributed by atoms with Gasteiger partial charge in [0, 0.05) is 12.1 Å². The molecule has 1 nitrogen and oxygen atoms in total. The largest absolute Gasteiger partial charge is 0.310 e. The molecule has 0 aliphatic heterocycles. The van der Waals surface area contributed by atoms with Crippen molar-refractivity contribution < 1.29 is 0 Å². The maximum Gasteiger partial charge on any atom is 0.0102 e. The molecule has 0 aliphatic rings. The quantitative estimate of drug-likeness (QED) is 0.701. The van der Waals surface area contributed by atoms with Crippen LogP contribution in [-0.4, -0.2) is 5.71 Å². The Bertz CT molecular complexity index is 296. The van der Waals surface area contributed by atoms with Gasteiger partial charge in [-0.25, -0.2) is 0 Å². The van der Waals surface area contributed by atoms with E-state index in [1.807, 2.05) is 6.92 Å². The van der Waals surface area contributed by atoms with Gasteiger partial charge in [-0.1, -0.05) is 38.1 Å². The van der Waals surface area contributed by atoms with E-state index in [0.717, 1.165) is 18.6 Å². The third kappa shape index (κ3) is 3.73. The second kappa shape index (κ2) is 4.94. The molecule has 76 valence electrons. The predicted octanol–water partition coefficient (Wildman–Crippen LogP) is 3.47. The van der Waals surface area contributed by atoms with Gasteiger partial charge in [-0.3, -0.25) is 0 Å². The first kappa shape index (κ1) is 11.0. The van der Waals surface area contributed by atoms with Gasteiger partial charge in [-0.05, 0) is 30.4 Å². The molecule has 0 amide bonds. The first-order valence-corrected chi connectivity index (χ1v) is 5.19. The Morgan fingerprint density at radius 2 is 1.64 bits per heavy atom. The molecule has 1 aromatic carbocycles. The van der Waals surface area contributed by atoms with Gasteiger partial charge in [0.15, 0.2) is 0 Å². The highest BCUT2D eigenvalue weighted by molar-refractivity contribution is 5.80. The van der Waals surface area contributed by atoms with Crippen molar-refractivity contribution in [1.82, 2.24) is 0 Å². The monoisotopic (exact) mass is 189 g/mol. The molecule has 0 bridgehead atoms. The van der Waals surface area contributed by atoms with Crippen molar-refractivity contribution in [3.8, 4) is 0 Å². The highest BCUT2D eigenvalue weighted by Crippen LogP contribution is 2.10. The topological polar surface area (TPSA) is 23.9 Å². The van der Waals surface area contributed by atoms with Gasteiger partial charge in [-0.15, -0.1) is 0 Å². The van der Waals surface area contributed by atoms with E-state index in [1.165, 1.54) is 11.1 Å². The van der Waals surface area contributed by atoms with Crippen LogP contribution in [0.3, 0.4) is 0 Å². The summed E-state index contributed by atoms with van der Waals surface area (Å²) in [7, 11) is 0. The summed E-state index contributed by atoms with van der Waals surface area (Å²) in [5.41, 5.74) is 3.36. The fourth-order valence-corrected chi connectivity index (χ4v) is 1.57. The van der Waals surface area contributed by atoms with Crippen molar-refractivity contribution in [2.75, 3.05) is 0 Å². The summed E-state index contributed by atoms with van der Waals surface area (Å²) in [6.07, 6.45) is 1.92. The van der Waals surface area contributed by atoms with Gasteiger partial charge in [-0.2, -0.15) is 0 Å². The van der Waals surface area contributed by atoms with E-state index in [1.54, 1.807) is 0 Å². The zero-order valence-corrected chi connectivity index (χ0v) is 9.30. The van der Waals surface area contributed by atoms with Gasteiger partial charge < -0.3 is 5.41 Å². The average Bonchev–Trinajstić information content (AvgIpc) is 2.06. The SMILES string of the molecule is CC(=N)Cc1ccc(CC(C)C)cc1. The predicted molar refractivity (Wildman–Crippen MR) is 62.1 cm³/mol. The molecule has 0 unspecified atom stereocenters. The summed E-state index contributed by atoms with van der Waals surface area (Å²) in [4.78, 5) is 0. The van der Waals surface area contributed by atoms with Gasteiger partial charge in [0.25, 0.3) is 0 Å². The number of rotatable bonds is 4. The molecule has 1 N–H and O–H groups in total. The lowest BCUT2D eigenvalue weighted by Gasteiger charge is -2.05. The van der Waals surface area contributed by atoms with Gasteiger partial charge in [0.1, 0.15) is 0 Å². The van der Waals surface area contributed by atoms with E-state index in [4.69, 9.17) is 5.41 Å². The van der Waals surface area contributed by atoms with E-state index in [2.05, 4.69) is 38.1 Å². The Labute approximate surface area is 86.7 Å². The molecule has 0 saturated heterocycles. The van der Waals surface area contributed by atoms with Crippen LogP contribution in [0.1, 0.15) is 31.9 Å². The maximum absolute atomic E-state index is 7.40. The van der Waals surface area contributed by atoms with Crippen LogP contribution in [0.2, 0.25) is 0 Å². The van der Waals surface area contributed by atoms with Gasteiger partial charge in [0.05, 0.1) is 0 Å². The van der Waals surface area contributed by atoms with E-state index in [9.17, 15) is 0 Å². The first-order chi connectivity index (χ1) is 6.58. The summed E-state index contributed by atoms with van der Waals surface area (Å²) < 4.78 is 0. The van der Waals surface area contributed by atoms with Crippen molar-refractivity contribution in [3.05, 3.63) is 35.4 Å². The van der Waals surface area contributed by atoms with E-state index < -0.39 is 0 Å². The summed E-state index contributed by atoms with van der Waals surface area (Å²) >= 11 is 0. The second-order valence-corrected chi connectivity index (χ2v) is 4.37. The minimum atomic E-state index is 0.713. The van der Waals surface area contributed by atoms with Gasteiger partial charge >= 0.3 is 0 Å². The fourth-order valence-electron chi connectivity index (χ4n) is 1.57. The summed E-state index contributed by atoms with van der Waals surface area (Å²) in [5, 5.41) is 7.40. The maximum atomic E-state index is 7.40. The minimum Gasteiger partial charge on any atom is -0.310 e. The van der Waals surface area contributed by atoms with Crippen molar-refractivity contribution in [1.29, 1.82) is 5.41 Å². The summed E-state index contributed by atoms with van der Waals surface area (Å²) in [6.45, 7) is 6.31. The molecule has 1 rings (SSSR count). The zero-order chi connectivity index (χ0) is 10.6. The molecule has 1 heteroatoms. The van der Waals surface area contributed by atoms with E-state index >= 15 is 0 Å². The molecule has 0 aliphatic carbocycles. The molecule has 0 saturated carbocycles. The Morgan fingerprint density at radius 1 is 1.14 bits per heavy atom. The molecule has 0 aromatic heterocycles. The van der Waals surface area contributed by atoms with Crippen molar-refractivity contribution in [3.63, 3.8) is 0 Å². The fraction of sp³-hybridized carbons (Fsp3) is 0.462. The standard InChI is InChI=1S/C13H19N/c1-10(2)8-12-4-6-13(7-5-12)9-11(3)14/h4-7,10,14H,8-9H2,1-3H3. The van der Waals surface area contributed by atoms with Crippen molar-refractivity contribution in [2.24, 2.45) is 5.92 Å². The molecule has 1 aromatic rings. The lowest BCUT2D eigenvalue weighted by molar-refractivity contribution is 0.647. The Kier molecular flexibility index (Phi) is 3.87. The third-order valence-electron chi connectivity index (χ3n) is 2.14. The van der Waals surface area contributed by atoms with E-state index in [0.29, 0.717) is 5.92 Å². The third-order valence-corrected chi connectivity index (χ3v) is 2.14.